The summed E-state index contributed by atoms with van der Waals surface area (Å²) >= 11 is 8.82. The van der Waals surface area contributed by atoms with Crippen molar-refractivity contribution in [1.82, 2.24) is 14.9 Å². The second-order valence-corrected chi connectivity index (χ2v) is 7.05. The normalized spacial score (nSPS) is 11.2. The van der Waals surface area contributed by atoms with Crippen LogP contribution in [0.2, 0.25) is 0 Å². The number of anilines is 1. The first-order valence-electron chi connectivity index (χ1n) is 8.59. The standard InChI is InChI=1S/C19H20BrN5OS/c1-3-24(4-2)14-10-9-13(17(26)11-14)12-21-25-18(22-23-19(25)27)15-7-5-6-8-16(15)20/h5-12,26H,3-4H2,1-2H3,(H,23,27). The summed E-state index contributed by atoms with van der Waals surface area (Å²) in [5.41, 5.74) is 2.44. The average Bonchev–Trinajstić information content (AvgIpc) is 3.03. The molecule has 0 saturated heterocycles. The molecule has 0 aliphatic rings. The van der Waals surface area contributed by atoms with Gasteiger partial charge in [0.15, 0.2) is 5.82 Å². The predicted octanol–water partition coefficient (Wildman–Crippen LogP) is 4.80. The van der Waals surface area contributed by atoms with Gasteiger partial charge in [-0.25, -0.2) is 5.10 Å². The fraction of sp³-hybridized carbons (Fsp3) is 0.211. The molecule has 1 aromatic heterocycles. The van der Waals surface area contributed by atoms with Crippen LogP contribution in [-0.4, -0.2) is 39.3 Å². The van der Waals surface area contributed by atoms with Crippen molar-refractivity contribution in [3.63, 3.8) is 0 Å². The van der Waals surface area contributed by atoms with E-state index < -0.39 is 0 Å². The van der Waals surface area contributed by atoms with E-state index in [-0.39, 0.29) is 5.75 Å². The highest BCUT2D eigenvalue weighted by molar-refractivity contribution is 9.10. The second kappa shape index (κ2) is 8.49. The Morgan fingerprint density at radius 2 is 2.00 bits per heavy atom. The monoisotopic (exact) mass is 445 g/mol. The fourth-order valence-corrected chi connectivity index (χ4v) is 3.40. The lowest BCUT2D eigenvalue weighted by molar-refractivity contribution is 0.474. The maximum atomic E-state index is 10.4. The van der Waals surface area contributed by atoms with E-state index in [4.69, 9.17) is 12.2 Å². The van der Waals surface area contributed by atoms with E-state index in [0.29, 0.717) is 16.2 Å². The molecule has 6 nitrogen and oxygen atoms in total. The van der Waals surface area contributed by atoms with Gasteiger partial charge in [0.25, 0.3) is 0 Å². The molecule has 140 valence electrons. The van der Waals surface area contributed by atoms with Gasteiger partial charge < -0.3 is 10.0 Å². The molecule has 2 aromatic carbocycles. The summed E-state index contributed by atoms with van der Waals surface area (Å²) in [7, 11) is 0. The molecular weight excluding hydrogens is 426 g/mol. The summed E-state index contributed by atoms with van der Waals surface area (Å²) in [6.45, 7) is 5.92. The molecule has 3 aromatic rings. The van der Waals surface area contributed by atoms with Gasteiger partial charge in [0, 0.05) is 40.4 Å². The molecule has 0 bridgehead atoms. The third-order valence-electron chi connectivity index (χ3n) is 4.22. The van der Waals surface area contributed by atoms with Gasteiger partial charge in [-0.1, -0.05) is 28.1 Å². The van der Waals surface area contributed by atoms with Gasteiger partial charge in [0.2, 0.25) is 4.77 Å². The topological polar surface area (TPSA) is 69.4 Å². The Morgan fingerprint density at radius 3 is 2.67 bits per heavy atom. The van der Waals surface area contributed by atoms with Crippen molar-refractivity contribution in [1.29, 1.82) is 0 Å². The van der Waals surface area contributed by atoms with Crippen LogP contribution in [0.5, 0.6) is 5.75 Å². The summed E-state index contributed by atoms with van der Waals surface area (Å²) in [6, 6.07) is 13.3. The van der Waals surface area contributed by atoms with Crippen molar-refractivity contribution >= 4 is 40.0 Å². The summed E-state index contributed by atoms with van der Waals surface area (Å²) < 4.78 is 2.80. The van der Waals surface area contributed by atoms with E-state index in [0.717, 1.165) is 28.8 Å². The van der Waals surface area contributed by atoms with Crippen molar-refractivity contribution < 1.29 is 5.11 Å². The zero-order valence-corrected chi connectivity index (χ0v) is 17.5. The van der Waals surface area contributed by atoms with Crippen molar-refractivity contribution in [2.24, 2.45) is 5.10 Å². The van der Waals surface area contributed by atoms with E-state index in [2.05, 4.69) is 50.0 Å². The van der Waals surface area contributed by atoms with Gasteiger partial charge in [-0.3, -0.25) is 0 Å². The average molecular weight is 446 g/mol. The van der Waals surface area contributed by atoms with Crippen LogP contribution in [0.3, 0.4) is 0 Å². The zero-order chi connectivity index (χ0) is 19.4. The summed E-state index contributed by atoms with van der Waals surface area (Å²) in [4.78, 5) is 2.16. The van der Waals surface area contributed by atoms with Crippen molar-refractivity contribution in [3.8, 4) is 17.1 Å². The van der Waals surface area contributed by atoms with Gasteiger partial charge in [-0.05, 0) is 50.3 Å². The Bertz CT molecular complexity index is 1020. The Labute approximate surface area is 171 Å². The molecule has 27 heavy (non-hydrogen) atoms. The van der Waals surface area contributed by atoms with Gasteiger partial charge in [-0.2, -0.15) is 14.9 Å². The van der Waals surface area contributed by atoms with E-state index in [9.17, 15) is 5.11 Å². The SMILES string of the molecule is CCN(CC)c1ccc(C=Nn2c(-c3ccccc3Br)n[nH]c2=S)c(O)c1. The Balaban J connectivity index is 1.95. The minimum atomic E-state index is 0.167. The summed E-state index contributed by atoms with van der Waals surface area (Å²) in [5.74, 6) is 0.753. The van der Waals surface area contributed by atoms with Gasteiger partial charge >= 0.3 is 0 Å². The number of nitrogens with one attached hydrogen (secondary N) is 1. The number of H-pyrrole nitrogens is 1. The van der Waals surface area contributed by atoms with Crippen LogP contribution < -0.4 is 4.90 Å². The number of rotatable bonds is 6. The molecule has 8 heteroatoms. The number of phenols is 1. The highest BCUT2D eigenvalue weighted by atomic mass is 79.9. The maximum absolute atomic E-state index is 10.4. The first-order valence-corrected chi connectivity index (χ1v) is 9.79. The molecule has 0 atom stereocenters. The number of aromatic amines is 1. The van der Waals surface area contributed by atoms with Gasteiger partial charge in [0.1, 0.15) is 5.75 Å². The lowest BCUT2D eigenvalue weighted by Crippen LogP contribution is -2.21. The minimum absolute atomic E-state index is 0.167. The number of nitrogens with zero attached hydrogens (tertiary/aromatic N) is 4. The summed E-state index contributed by atoms with van der Waals surface area (Å²) in [6.07, 6.45) is 1.58. The number of hydrogen-bond acceptors (Lipinski definition) is 5. The van der Waals surface area contributed by atoms with Crippen molar-refractivity contribution in [2.75, 3.05) is 18.0 Å². The molecule has 0 aliphatic carbocycles. The van der Waals surface area contributed by atoms with Crippen LogP contribution in [0.1, 0.15) is 19.4 Å². The van der Waals surface area contributed by atoms with E-state index in [1.807, 2.05) is 36.4 Å². The Morgan fingerprint density at radius 1 is 1.26 bits per heavy atom. The number of halogens is 1. The molecule has 0 fully saturated rings. The molecule has 0 saturated carbocycles. The molecule has 1 heterocycles. The molecule has 0 radical (unpaired) electrons. The molecule has 0 amide bonds. The highest BCUT2D eigenvalue weighted by Crippen LogP contribution is 2.27. The van der Waals surface area contributed by atoms with Crippen LogP contribution in [0.25, 0.3) is 11.4 Å². The number of aromatic nitrogens is 3. The number of hydrogen-bond donors (Lipinski definition) is 2. The third-order valence-corrected chi connectivity index (χ3v) is 5.18. The molecule has 0 aliphatic heterocycles. The van der Waals surface area contributed by atoms with Crippen molar-refractivity contribution in [2.45, 2.75) is 13.8 Å². The van der Waals surface area contributed by atoms with Crippen molar-refractivity contribution in [3.05, 3.63) is 57.3 Å². The molecule has 0 spiro atoms. The largest absolute Gasteiger partial charge is 0.507 e. The number of benzene rings is 2. The van der Waals surface area contributed by atoms with Gasteiger partial charge in [-0.15, -0.1) is 0 Å². The molecule has 2 N–H and O–H groups in total. The molecular formula is C19H20BrN5OS. The van der Waals surface area contributed by atoms with Crippen LogP contribution in [0, 0.1) is 4.77 Å². The van der Waals surface area contributed by atoms with Crippen LogP contribution in [0.15, 0.2) is 52.0 Å². The zero-order valence-electron chi connectivity index (χ0n) is 15.1. The first-order chi connectivity index (χ1) is 13.0. The predicted molar refractivity (Wildman–Crippen MR) is 115 cm³/mol. The lowest BCUT2D eigenvalue weighted by atomic mass is 10.2. The summed E-state index contributed by atoms with van der Waals surface area (Å²) in [5, 5.41) is 21.8. The minimum Gasteiger partial charge on any atom is -0.507 e. The number of phenolic OH excluding ortho intramolecular Hbond substituents is 1. The highest BCUT2D eigenvalue weighted by Gasteiger charge is 2.11. The molecule has 3 rings (SSSR count). The Kier molecular flexibility index (Phi) is 6.08. The van der Waals surface area contributed by atoms with Gasteiger partial charge in [0.05, 0.1) is 6.21 Å². The molecule has 0 unspecified atom stereocenters. The quantitative estimate of drug-likeness (QED) is 0.422. The fourth-order valence-electron chi connectivity index (χ4n) is 2.76. The maximum Gasteiger partial charge on any atom is 0.216 e. The lowest BCUT2D eigenvalue weighted by Gasteiger charge is -2.21. The van der Waals surface area contributed by atoms with Crippen LogP contribution in [0.4, 0.5) is 5.69 Å². The second-order valence-electron chi connectivity index (χ2n) is 5.80. The number of aromatic hydroxyl groups is 1. The van der Waals surface area contributed by atoms with E-state index in [1.54, 1.807) is 12.3 Å². The smallest absolute Gasteiger partial charge is 0.216 e. The van der Waals surface area contributed by atoms with Crippen LogP contribution in [-0.2, 0) is 0 Å². The van der Waals surface area contributed by atoms with E-state index in [1.165, 1.54) is 4.68 Å². The first kappa shape index (κ1) is 19.3. The Hall–Kier alpha value is -2.45. The van der Waals surface area contributed by atoms with Crippen LogP contribution >= 0.6 is 28.1 Å². The van der Waals surface area contributed by atoms with E-state index >= 15 is 0 Å². The third kappa shape index (κ3) is 4.12.